The Balaban J connectivity index is 1.65. The van der Waals surface area contributed by atoms with Crippen molar-refractivity contribution in [2.75, 3.05) is 13.2 Å². The van der Waals surface area contributed by atoms with E-state index >= 15 is 0 Å². The van der Waals surface area contributed by atoms with E-state index in [0.717, 1.165) is 18.8 Å². The van der Waals surface area contributed by atoms with Gasteiger partial charge < -0.3 is 4.74 Å². The van der Waals surface area contributed by atoms with Crippen LogP contribution in [0.25, 0.3) is 11.0 Å². The third-order valence-electron chi connectivity index (χ3n) is 5.87. The number of aryl methyl sites for hydroxylation is 1. The van der Waals surface area contributed by atoms with Crippen LogP contribution in [0.5, 0.6) is 0 Å². The summed E-state index contributed by atoms with van der Waals surface area (Å²) >= 11 is 0. The van der Waals surface area contributed by atoms with Crippen LogP contribution in [-0.4, -0.2) is 32.3 Å². The molecule has 0 amide bonds. The second kappa shape index (κ2) is 6.37. The predicted octanol–water partition coefficient (Wildman–Crippen LogP) is 1.48. The molecule has 0 atom stereocenters. The highest BCUT2D eigenvalue weighted by Gasteiger charge is 2.40. The Kier molecular flexibility index (Phi) is 4.19. The van der Waals surface area contributed by atoms with E-state index in [9.17, 15) is 9.59 Å². The Labute approximate surface area is 145 Å². The molecular weight excluding hydrogens is 320 g/mol. The number of aromatic nitrogens is 4. The molecule has 2 aliphatic rings. The molecule has 1 aliphatic carbocycles. The van der Waals surface area contributed by atoms with Gasteiger partial charge in [0.25, 0.3) is 5.56 Å². The summed E-state index contributed by atoms with van der Waals surface area (Å²) in [6.07, 6.45) is 10.3. The maximum absolute atomic E-state index is 12.8. The molecule has 2 aromatic heterocycles. The molecule has 25 heavy (non-hydrogen) atoms. The number of ether oxygens (including phenoxy) is 1. The van der Waals surface area contributed by atoms with Crippen LogP contribution < -0.4 is 11.2 Å². The number of nitrogens with zero attached hydrogens (tertiary/aromatic N) is 4. The van der Waals surface area contributed by atoms with Gasteiger partial charge in [0.15, 0.2) is 5.65 Å². The molecule has 0 bridgehead atoms. The summed E-state index contributed by atoms with van der Waals surface area (Å²) in [7, 11) is 1.65. The highest BCUT2D eigenvalue weighted by Crippen LogP contribution is 2.38. The average molecular weight is 344 g/mol. The van der Waals surface area contributed by atoms with Crippen LogP contribution in [0.15, 0.2) is 22.1 Å². The van der Waals surface area contributed by atoms with Crippen LogP contribution in [0.4, 0.5) is 0 Å². The van der Waals surface area contributed by atoms with Crippen molar-refractivity contribution >= 4 is 11.0 Å². The Morgan fingerprint density at radius 3 is 2.72 bits per heavy atom. The zero-order chi connectivity index (χ0) is 17.4. The first kappa shape index (κ1) is 16.4. The molecule has 134 valence electrons. The standard InChI is InChI=1S/C18H24N4O3/c1-21-15-14(8-19-12-20-15)16(23)22(17(21)24)9-18(10-25-11-18)7-6-13-4-2-3-5-13/h8,12-13H,2-7,9-11H2,1H3. The summed E-state index contributed by atoms with van der Waals surface area (Å²) in [5.74, 6) is 0.794. The van der Waals surface area contributed by atoms with Crippen LogP contribution in [0.2, 0.25) is 0 Å². The van der Waals surface area contributed by atoms with Crippen molar-refractivity contribution in [2.45, 2.75) is 45.1 Å². The van der Waals surface area contributed by atoms with Gasteiger partial charge in [-0.05, 0) is 18.8 Å². The summed E-state index contributed by atoms with van der Waals surface area (Å²) < 4.78 is 8.26. The smallest absolute Gasteiger partial charge is 0.332 e. The lowest BCUT2D eigenvalue weighted by atomic mass is 9.78. The highest BCUT2D eigenvalue weighted by atomic mass is 16.5. The lowest BCUT2D eigenvalue weighted by molar-refractivity contribution is -0.129. The van der Waals surface area contributed by atoms with Gasteiger partial charge in [0.2, 0.25) is 0 Å². The number of rotatable bonds is 5. The van der Waals surface area contributed by atoms with Gasteiger partial charge in [-0.1, -0.05) is 25.7 Å². The molecule has 0 spiro atoms. The minimum atomic E-state index is -0.316. The first-order valence-corrected chi connectivity index (χ1v) is 9.07. The van der Waals surface area contributed by atoms with Crippen LogP contribution in [-0.2, 0) is 18.3 Å². The van der Waals surface area contributed by atoms with E-state index in [2.05, 4.69) is 9.97 Å². The number of hydrogen-bond acceptors (Lipinski definition) is 5. The zero-order valence-corrected chi connectivity index (χ0v) is 14.6. The van der Waals surface area contributed by atoms with Crippen molar-refractivity contribution in [2.24, 2.45) is 18.4 Å². The Morgan fingerprint density at radius 1 is 1.28 bits per heavy atom. The van der Waals surface area contributed by atoms with E-state index in [1.165, 1.54) is 47.3 Å². The van der Waals surface area contributed by atoms with Crippen LogP contribution in [0.1, 0.15) is 38.5 Å². The fourth-order valence-corrected chi connectivity index (χ4v) is 4.23. The molecule has 0 unspecified atom stereocenters. The molecule has 1 saturated carbocycles. The van der Waals surface area contributed by atoms with Crippen molar-refractivity contribution in [3.63, 3.8) is 0 Å². The maximum Gasteiger partial charge on any atom is 0.332 e. The van der Waals surface area contributed by atoms with E-state index < -0.39 is 0 Å². The summed E-state index contributed by atoms with van der Waals surface area (Å²) in [5.41, 5.74) is -0.331. The minimum Gasteiger partial charge on any atom is -0.380 e. The molecule has 2 aromatic rings. The van der Waals surface area contributed by atoms with Gasteiger partial charge in [-0.15, -0.1) is 0 Å². The monoisotopic (exact) mass is 344 g/mol. The summed E-state index contributed by atoms with van der Waals surface area (Å²) in [4.78, 5) is 33.5. The quantitative estimate of drug-likeness (QED) is 0.821. The molecule has 4 rings (SSSR count). The van der Waals surface area contributed by atoms with E-state index in [1.807, 2.05) is 0 Å². The zero-order valence-electron chi connectivity index (χ0n) is 14.6. The molecule has 0 radical (unpaired) electrons. The lowest BCUT2D eigenvalue weighted by Gasteiger charge is -2.42. The molecule has 1 aliphatic heterocycles. The number of fused-ring (bicyclic) bond motifs is 1. The van der Waals surface area contributed by atoms with Gasteiger partial charge in [0, 0.05) is 25.2 Å². The van der Waals surface area contributed by atoms with Gasteiger partial charge in [0.1, 0.15) is 11.7 Å². The average Bonchev–Trinajstić information content (AvgIpc) is 3.11. The third kappa shape index (κ3) is 2.90. The molecule has 3 heterocycles. The highest BCUT2D eigenvalue weighted by molar-refractivity contribution is 5.72. The van der Waals surface area contributed by atoms with Gasteiger partial charge in [-0.3, -0.25) is 13.9 Å². The van der Waals surface area contributed by atoms with Crippen LogP contribution in [0.3, 0.4) is 0 Å². The lowest BCUT2D eigenvalue weighted by Crippen LogP contribution is -2.51. The van der Waals surface area contributed by atoms with Crippen molar-refractivity contribution in [1.82, 2.24) is 19.1 Å². The van der Waals surface area contributed by atoms with Gasteiger partial charge >= 0.3 is 5.69 Å². The molecule has 1 saturated heterocycles. The van der Waals surface area contributed by atoms with Crippen molar-refractivity contribution in [1.29, 1.82) is 0 Å². The van der Waals surface area contributed by atoms with Crippen molar-refractivity contribution < 1.29 is 4.74 Å². The molecular formula is C18H24N4O3. The fourth-order valence-electron chi connectivity index (χ4n) is 4.23. The normalized spacial score (nSPS) is 20.0. The van der Waals surface area contributed by atoms with E-state index in [-0.39, 0.29) is 16.7 Å². The number of hydrogen-bond donors (Lipinski definition) is 0. The predicted molar refractivity (Wildman–Crippen MR) is 93.5 cm³/mol. The van der Waals surface area contributed by atoms with Crippen molar-refractivity contribution in [3.05, 3.63) is 33.4 Å². The summed E-state index contributed by atoms with van der Waals surface area (Å²) in [6.45, 7) is 1.66. The van der Waals surface area contributed by atoms with Gasteiger partial charge in [-0.2, -0.15) is 0 Å². The summed E-state index contributed by atoms with van der Waals surface area (Å²) in [5, 5.41) is 0.385. The second-order valence-corrected chi connectivity index (χ2v) is 7.67. The van der Waals surface area contributed by atoms with E-state index in [0.29, 0.717) is 30.8 Å². The minimum absolute atomic E-state index is 0.0953. The Morgan fingerprint density at radius 2 is 2.04 bits per heavy atom. The van der Waals surface area contributed by atoms with Crippen LogP contribution in [0, 0.1) is 11.3 Å². The van der Waals surface area contributed by atoms with Gasteiger partial charge in [0.05, 0.1) is 13.2 Å². The van der Waals surface area contributed by atoms with Crippen molar-refractivity contribution in [3.8, 4) is 0 Å². The first-order chi connectivity index (χ1) is 12.1. The van der Waals surface area contributed by atoms with Crippen LogP contribution >= 0.6 is 0 Å². The second-order valence-electron chi connectivity index (χ2n) is 7.67. The molecule has 0 aromatic carbocycles. The maximum atomic E-state index is 12.8. The molecule has 7 heteroatoms. The Hall–Kier alpha value is -2.02. The first-order valence-electron chi connectivity index (χ1n) is 9.07. The summed E-state index contributed by atoms with van der Waals surface area (Å²) in [6, 6.07) is 0. The third-order valence-corrected chi connectivity index (χ3v) is 5.87. The Bertz CT molecular complexity index is 891. The van der Waals surface area contributed by atoms with Gasteiger partial charge in [-0.25, -0.2) is 14.8 Å². The molecule has 7 nitrogen and oxygen atoms in total. The fraction of sp³-hybridized carbons (Fsp3) is 0.667. The SMILES string of the molecule is Cn1c(=O)n(CC2(CCC3CCCC3)COC2)c(=O)c2cncnc21. The van der Waals surface area contributed by atoms with E-state index in [4.69, 9.17) is 4.74 Å². The molecule has 2 fully saturated rings. The van der Waals surface area contributed by atoms with E-state index in [1.54, 1.807) is 7.05 Å². The topological polar surface area (TPSA) is 79.0 Å². The molecule has 0 N–H and O–H groups in total. The largest absolute Gasteiger partial charge is 0.380 e.